The molecule has 0 unspecified atom stereocenters. The SMILES string of the molecule is COC(OC)C(=O)NCc1ccccc1. The van der Waals surface area contributed by atoms with Crippen LogP contribution in [0.4, 0.5) is 0 Å². The number of nitrogens with one attached hydrogen (secondary N) is 1. The molecule has 82 valence electrons. The third-order valence-electron chi connectivity index (χ3n) is 1.95. The van der Waals surface area contributed by atoms with Crippen molar-refractivity contribution in [2.75, 3.05) is 14.2 Å². The van der Waals surface area contributed by atoms with Gasteiger partial charge in [-0.15, -0.1) is 0 Å². The number of benzene rings is 1. The molecule has 1 aromatic rings. The van der Waals surface area contributed by atoms with E-state index in [1.807, 2.05) is 30.3 Å². The minimum atomic E-state index is -0.839. The lowest BCUT2D eigenvalue weighted by molar-refractivity contribution is -0.159. The zero-order valence-electron chi connectivity index (χ0n) is 8.90. The summed E-state index contributed by atoms with van der Waals surface area (Å²) in [4.78, 5) is 11.4. The highest BCUT2D eigenvalue weighted by molar-refractivity contribution is 5.79. The summed E-state index contributed by atoms with van der Waals surface area (Å²) < 4.78 is 9.63. The summed E-state index contributed by atoms with van der Waals surface area (Å²) in [7, 11) is 2.85. The van der Waals surface area contributed by atoms with Crippen LogP contribution in [0, 0.1) is 0 Å². The van der Waals surface area contributed by atoms with Crippen LogP contribution in [0.15, 0.2) is 30.3 Å². The Kier molecular flexibility index (Phi) is 4.80. The minimum Gasteiger partial charge on any atom is -0.348 e. The molecule has 0 saturated heterocycles. The lowest BCUT2D eigenvalue weighted by atomic mass is 10.2. The molecule has 4 heteroatoms. The van der Waals surface area contributed by atoms with Crippen LogP contribution >= 0.6 is 0 Å². The molecule has 15 heavy (non-hydrogen) atoms. The Labute approximate surface area is 89.2 Å². The van der Waals surface area contributed by atoms with Crippen LogP contribution in [0.2, 0.25) is 0 Å². The molecule has 0 bridgehead atoms. The smallest absolute Gasteiger partial charge is 0.277 e. The van der Waals surface area contributed by atoms with Gasteiger partial charge in [0, 0.05) is 20.8 Å². The Bertz CT molecular complexity index is 296. The summed E-state index contributed by atoms with van der Waals surface area (Å²) in [5, 5.41) is 2.71. The summed E-state index contributed by atoms with van der Waals surface area (Å²) in [6, 6.07) is 9.65. The number of rotatable bonds is 5. The molecule has 0 aromatic heterocycles. The average Bonchev–Trinajstić information content (AvgIpc) is 2.29. The molecular weight excluding hydrogens is 194 g/mol. The molecule has 0 saturated carbocycles. The first-order valence-electron chi connectivity index (χ1n) is 4.65. The first kappa shape index (κ1) is 11.7. The van der Waals surface area contributed by atoms with Crippen LogP contribution < -0.4 is 5.32 Å². The molecule has 0 aliphatic rings. The molecule has 0 aliphatic carbocycles. The highest BCUT2D eigenvalue weighted by Crippen LogP contribution is 1.98. The number of ether oxygens (including phenoxy) is 2. The fraction of sp³-hybridized carbons (Fsp3) is 0.364. The maximum atomic E-state index is 11.4. The van der Waals surface area contributed by atoms with E-state index in [0.29, 0.717) is 6.54 Å². The van der Waals surface area contributed by atoms with E-state index < -0.39 is 6.29 Å². The van der Waals surface area contributed by atoms with Gasteiger partial charge < -0.3 is 14.8 Å². The lowest BCUT2D eigenvalue weighted by Gasteiger charge is -2.13. The van der Waals surface area contributed by atoms with Crippen molar-refractivity contribution in [2.24, 2.45) is 0 Å². The molecule has 4 nitrogen and oxygen atoms in total. The molecule has 0 aliphatic heterocycles. The molecule has 1 N–H and O–H groups in total. The Balaban J connectivity index is 2.40. The fourth-order valence-electron chi connectivity index (χ4n) is 1.18. The minimum absolute atomic E-state index is 0.274. The van der Waals surface area contributed by atoms with E-state index in [-0.39, 0.29) is 5.91 Å². The quantitative estimate of drug-likeness (QED) is 0.734. The van der Waals surface area contributed by atoms with E-state index in [9.17, 15) is 4.79 Å². The van der Waals surface area contributed by atoms with Gasteiger partial charge in [-0.25, -0.2) is 0 Å². The zero-order valence-corrected chi connectivity index (χ0v) is 8.90. The molecule has 1 rings (SSSR count). The number of hydrogen-bond donors (Lipinski definition) is 1. The molecular formula is C11H15NO3. The molecule has 0 fully saturated rings. The molecule has 0 radical (unpaired) electrons. The zero-order chi connectivity index (χ0) is 11.1. The van der Waals surface area contributed by atoms with Crippen molar-refractivity contribution in [3.05, 3.63) is 35.9 Å². The summed E-state index contributed by atoms with van der Waals surface area (Å²) in [6.07, 6.45) is -0.839. The number of hydrogen-bond acceptors (Lipinski definition) is 3. The summed E-state index contributed by atoms with van der Waals surface area (Å²) in [6.45, 7) is 0.475. The Morgan fingerprint density at radius 1 is 1.27 bits per heavy atom. The van der Waals surface area contributed by atoms with Crippen LogP contribution in [-0.2, 0) is 20.8 Å². The second-order valence-corrected chi connectivity index (χ2v) is 3.01. The van der Waals surface area contributed by atoms with Crippen LogP contribution in [0.25, 0.3) is 0 Å². The second kappa shape index (κ2) is 6.16. The molecule has 1 amide bonds. The van der Waals surface area contributed by atoms with Gasteiger partial charge in [0.05, 0.1) is 0 Å². The van der Waals surface area contributed by atoms with E-state index >= 15 is 0 Å². The van der Waals surface area contributed by atoms with Crippen molar-refractivity contribution in [1.82, 2.24) is 5.32 Å². The molecule has 0 atom stereocenters. The van der Waals surface area contributed by atoms with Crippen LogP contribution in [0.1, 0.15) is 5.56 Å². The topological polar surface area (TPSA) is 47.6 Å². The van der Waals surface area contributed by atoms with Gasteiger partial charge in [-0.3, -0.25) is 4.79 Å². The summed E-state index contributed by atoms with van der Waals surface area (Å²) >= 11 is 0. The maximum Gasteiger partial charge on any atom is 0.277 e. The van der Waals surface area contributed by atoms with Crippen molar-refractivity contribution in [1.29, 1.82) is 0 Å². The Morgan fingerprint density at radius 3 is 2.40 bits per heavy atom. The first-order valence-corrected chi connectivity index (χ1v) is 4.65. The van der Waals surface area contributed by atoms with Gasteiger partial charge in [0.15, 0.2) is 0 Å². The Morgan fingerprint density at radius 2 is 1.87 bits per heavy atom. The Hall–Kier alpha value is -1.39. The van der Waals surface area contributed by atoms with Gasteiger partial charge in [-0.05, 0) is 5.56 Å². The maximum absolute atomic E-state index is 11.4. The van der Waals surface area contributed by atoms with E-state index in [0.717, 1.165) is 5.56 Å². The summed E-state index contributed by atoms with van der Waals surface area (Å²) in [5.41, 5.74) is 1.04. The van der Waals surface area contributed by atoms with Crippen molar-refractivity contribution < 1.29 is 14.3 Å². The predicted molar refractivity (Wildman–Crippen MR) is 56.1 cm³/mol. The van der Waals surface area contributed by atoms with Crippen molar-refractivity contribution >= 4 is 5.91 Å². The highest BCUT2D eigenvalue weighted by Gasteiger charge is 2.15. The van der Waals surface area contributed by atoms with Crippen LogP contribution in [-0.4, -0.2) is 26.4 Å². The lowest BCUT2D eigenvalue weighted by Crippen LogP contribution is -2.36. The summed E-state index contributed by atoms with van der Waals surface area (Å²) in [5.74, 6) is -0.274. The van der Waals surface area contributed by atoms with Gasteiger partial charge in [0.25, 0.3) is 5.91 Å². The van der Waals surface area contributed by atoms with E-state index in [1.54, 1.807) is 0 Å². The predicted octanol–water partition coefficient (Wildman–Crippen LogP) is 0.922. The number of amides is 1. The molecule has 0 spiro atoms. The van der Waals surface area contributed by atoms with Gasteiger partial charge in [0.1, 0.15) is 0 Å². The van der Waals surface area contributed by atoms with Gasteiger partial charge in [-0.1, -0.05) is 30.3 Å². The third-order valence-corrected chi connectivity index (χ3v) is 1.95. The largest absolute Gasteiger partial charge is 0.348 e. The van der Waals surface area contributed by atoms with Gasteiger partial charge >= 0.3 is 0 Å². The standard InChI is InChI=1S/C11H15NO3/c1-14-11(15-2)10(13)12-8-9-6-4-3-5-7-9/h3-7,11H,8H2,1-2H3,(H,12,13). The van der Waals surface area contributed by atoms with E-state index in [2.05, 4.69) is 5.32 Å². The highest BCUT2D eigenvalue weighted by atomic mass is 16.7. The van der Waals surface area contributed by atoms with Crippen LogP contribution in [0.3, 0.4) is 0 Å². The first-order chi connectivity index (χ1) is 7.27. The molecule has 1 aromatic carbocycles. The van der Waals surface area contributed by atoms with Crippen LogP contribution in [0.5, 0.6) is 0 Å². The average molecular weight is 209 g/mol. The third kappa shape index (κ3) is 3.69. The molecule has 0 heterocycles. The van der Waals surface area contributed by atoms with Gasteiger partial charge in [0.2, 0.25) is 6.29 Å². The van der Waals surface area contributed by atoms with E-state index in [1.165, 1.54) is 14.2 Å². The monoisotopic (exact) mass is 209 g/mol. The normalized spacial score (nSPS) is 10.3. The van der Waals surface area contributed by atoms with Gasteiger partial charge in [-0.2, -0.15) is 0 Å². The number of carbonyl (C=O) groups is 1. The van der Waals surface area contributed by atoms with Crippen molar-refractivity contribution in [2.45, 2.75) is 12.8 Å². The second-order valence-electron chi connectivity index (χ2n) is 3.01. The van der Waals surface area contributed by atoms with Crippen molar-refractivity contribution in [3.63, 3.8) is 0 Å². The van der Waals surface area contributed by atoms with Crippen molar-refractivity contribution in [3.8, 4) is 0 Å². The number of carbonyl (C=O) groups excluding carboxylic acids is 1. The van der Waals surface area contributed by atoms with E-state index in [4.69, 9.17) is 9.47 Å². The fourth-order valence-corrected chi connectivity index (χ4v) is 1.18. The number of methoxy groups -OCH3 is 2.